The molecule has 0 radical (unpaired) electrons. The highest BCUT2D eigenvalue weighted by Crippen LogP contribution is 2.35. The number of carbonyl (C=O) groups is 1. The lowest BCUT2D eigenvalue weighted by Gasteiger charge is -2.39. The van der Waals surface area contributed by atoms with E-state index in [0.29, 0.717) is 12.0 Å². The average molecular weight is 382 g/mol. The van der Waals surface area contributed by atoms with Crippen molar-refractivity contribution in [3.05, 3.63) is 36.5 Å². The van der Waals surface area contributed by atoms with Gasteiger partial charge in [0.25, 0.3) is 0 Å². The summed E-state index contributed by atoms with van der Waals surface area (Å²) in [5.74, 6) is 0.639. The summed E-state index contributed by atoms with van der Waals surface area (Å²) in [4.78, 5) is 17.1. The maximum absolute atomic E-state index is 12.6. The predicted octanol–water partition coefficient (Wildman–Crippen LogP) is 3.87. The van der Waals surface area contributed by atoms with Gasteiger partial charge in [-0.05, 0) is 70.4 Å². The van der Waals surface area contributed by atoms with E-state index in [1.54, 1.807) is 0 Å². The third-order valence-corrected chi connectivity index (χ3v) is 6.57. The van der Waals surface area contributed by atoms with Gasteiger partial charge < -0.3 is 15.7 Å². The molecule has 2 fully saturated rings. The number of pyridine rings is 1. The molecule has 3 N–H and O–H groups in total. The topological polar surface area (TPSA) is 74.2 Å². The summed E-state index contributed by atoms with van der Waals surface area (Å²) in [5.41, 5.74) is 1.42. The van der Waals surface area contributed by atoms with Gasteiger partial charge in [0.15, 0.2) is 0 Å². The van der Waals surface area contributed by atoms with E-state index in [1.807, 2.05) is 32.2 Å². The van der Waals surface area contributed by atoms with E-state index in [2.05, 4.69) is 33.8 Å². The maximum Gasteiger partial charge on any atom is 0.223 e. The summed E-state index contributed by atoms with van der Waals surface area (Å²) in [5, 5.41) is 18.1. The highest BCUT2D eigenvalue weighted by Gasteiger charge is 2.37. The number of nitrogens with one attached hydrogen (secondary N) is 2. The minimum atomic E-state index is -0.613. The van der Waals surface area contributed by atoms with Crippen molar-refractivity contribution < 1.29 is 9.90 Å². The molecule has 0 unspecified atom stereocenters. The number of hydrogen-bond acceptors (Lipinski definition) is 4. The molecule has 28 heavy (non-hydrogen) atoms. The Morgan fingerprint density at radius 3 is 2.50 bits per heavy atom. The first-order valence-electron chi connectivity index (χ1n) is 10.5. The second-order valence-electron chi connectivity index (χ2n) is 9.10. The quantitative estimate of drug-likeness (QED) is 0.735. The number of nitrogens with zero attached hydrogens (tertiary/aromatic N) is 1. The first-order chi connectivity index (χ1) is 13.4. The molecular formula is C23H31N3O2. The molecule has 1 heterocycles. The molecule has 2 saturated carbocycles. The Labute approximate surface area is 166 Å². The predicted molar refractivity (Wildman–Crippen MR) is 112 cm³/mol. The number of benzene rings is 1. The number of anilines is 1. The first kappa shape index (κ1) is 19.2. The van der Waals surface area contributed by atoms with E-state index in [1.165, 1.54) is 0 Å². The fourth-order valence-corrected chi connectivity index (χ4v) is 4.65. The van der Waals surface area contributed by atoms with Crippen LogP contribution >= 0.6 is 0 Å². The molecule has 0 saturated heterocycles. The molecule has 150 valence electrons. The first-order valence-corrected chi connectivity index (χ1v) is 10.5. The number of aromatic nitrogens is 1. The van der Waals surface area contributed by atoms with Gasteiger partial charge in [-0.3, -0.25) is 9.78 Å². The van der Waals surface area contributed by atoms with Crippen LogP contribution in [0.1, 0.15) is 52.4 Å². The normalized spacial score (nSPS) is 27.8. The van der Waals surface area contributed by atoms with Crippen LogP contribution in [-0.4, -0.2) is 33.7 Å². The summed E-state index contributed by atoms with van der Waals surface area (Å²) < 4.78 is 0. The third kappa shape index (κ3) is 4.14. The van der Waals surface area contributed by atoms with Crippen molar-refractivity contribution in [1.82, 2.24) is 10.3 Å². The summed E-state index contributed by atoms with van der Waals surface area (Å²) in [6.45, 7) is 3.78. The Balaban J connectivity index is 1.25. The Morgan fingerprint density at radius 2 is 1.79 bits per heavy atom. The largest absolute Gasteiger partial charge is 0.390 e. The average Bonchev–Trinajstić information content (AvgIpc) is 2.64. The van der Waals surface area contributed by atoms with Gasteiger partial charge in [0.1, 0.15) is 0 Å². The zero-order valence-corrected chi connectivity index (χ0v) is 16.8. The van der Waals surface area contributed by atoms with Crippen molar-refractivity contribution in [2.24, 2.45) is 11.8 Å². The summed E-state index contributed by atoms with van der Waals surface area (Å²) >= 11 is 0. The van der Waals surface area contributed by atoms with Gasteiger partial charge in [-0.15, -0.1) is 0 Å². The van der Waals surface area contributed by atoms with Crippen LogP contribution in [-0.2, 0) is 4.79 Å². The molecule has 2 aliphatic rings. The van der Waals surface area contributed by atoms with Crippen LogP contribution in [0.5, 0.6) is 0 Å². The van der Waals surface area contributed by atoms with Crippen molar-refractivity contribution in [3.63, 3.8) is 0 Å². The highest BCUT2D eigenvalue weighted by molar-refractivity contribution is 5.90. The van der Waals surface area contributed by atoms with Crippen molar-refractivity contribution in [3.8, 4) is 0 Å². The summed E-state index contributed by atoms with van der Waals surface area (Å²) in [7, 11) is 0. The summed E-state index contributed by atoms with van der Waals surface area (Å²) in [6.07, 6.45) is 7.46. The lowest BCUT2D eigenvalue weighted by atomic mass is 9.76. The van der Waals surface area contributed by atoms with E-state index in [-0.39, 0.29) is 17.9 Å². The smallest absolute Gasteiger partial charge is 0.223 e. The van der Waals surface area contributed by atoms with Crippen molar-refractivity contribution in [2.75, 3.05) is 5.32 Å². The Hall–Kier alpha value is -2.14. The SMILES string of the molecule is CC(C)(O)[C@H]1CC[C@H](NC(=O)[C@H]2C[C@H](Nc3cccc4cccnc34)C2)CC1. The number of rotatable bonds is 5. The van der Waals surface area contributed by atoms with Gasteiger partial charge in [0, 0.05) is 29.6 Å². The van der Waals surface area contributed by atoms with Crippen LogP contribution in [0.4, 0.5) is 5.69 Å². The fraction of sp³-hybridized carbons (Fsp3) is 0.565. The standard InChI is InChI=1S/C23H31N3O2/c1-23(2,28)17-8-10-18(11-9-17)26-22(27)16-13-19(14-16)25-20-7-3-5-15-6-4-12-24-21(15)20/h3-7,12,16-19,25,28H,8-11,13-14H2,1-2H3,(H,26,27)/t16-,17-,18-,19-. The zero-order valence-electron chi connectivity index (χ0n) is 16.8. The number of hydrogen-bond donors (Lipinski definition) is 3. The Kier molecular flexibility index (Phi) is 5.28. The number of aliphatic hydroxyl groups is 1. The van der Waals surface area contributed by atoms with Crippen LogP contribution < -0.4 is 10.6 Å². The van der Waals surface area contributed by atoms with E-state index < -0.39 is 5.60 Å². The number of amides is 1. The molecule has 0 spiro atoms. The molecule has 2 aliphatic carbocycles. The fourth-order valence-electron chi connectivity index (χ4n) is 4.65. The monoisotopic (exact) mass is 381 g/mol. The molecule has 1 aromatic carbocycles. The molecule has 1 aromatic heterocycles. The molecule has 0 atom stereocenters. The van der Waals surface area contributed by atoms with Gasteiger partial charge in [-0.1, -0.05) is 18.2 Å². The van der Waals surface area contributed by atoms with Gasteiger partial charge in [-0.25, -0.2) is 0 Å². The Bertz CT molecular complexity index is 826. The molecule has 1 amide bonds. The van der Waals surface area contributed by atoms with Crippen LogP contribution in [0, 0.1) is 11.8 Å². The molecular weight excluding hydrogens is 350 g/mol. The van der Waals surface area contributed by atoms with E-state index in [4.69, 9.17) is 0 Å². The summed E-state index contributed by atoms with van der Waals surface area (Å²) in [6, 6.07) is 10.8. The molecule has 0 aliphatic heterocycles. The number of para-hydroxylation sites is 1. The second kappa shape index (κ2) is 7.70. The molecule has 5 nitrogen and oxygen atoms in total. The molecule has 5 heteroatoms. The van der Waals surface area contributed by atoms with Crippen molar-refractivity contribution >= 4 is 22.5 Å². The lowest BCUT2D eigenvalue weighted by molar-refractivity contribution is -0.128. The third-order valence-electron chi connectivity index (χ3n) is 6.57. The van der Waals surface area contributed by atoms with Gasteiger partial charge in [0.2, 0.25) is 5.91 Å². The number of fused-ring (bicyclic) bond motifs is 1. The zero-order chi connectivity index (χ0) is 19.7. The molecule has 2 aromatic rings. The number of carbonyl (C=O) groups excluding carboxylic acids is 1. The van der Waals surface area contributed by atoms with Crippen molar-refractivity contribution in [2.45, 2.75) is 70.1 Å². The molecule has 4 rings (SSSR count). The van der Waals surface area contributed by atoms with Gasteiger partial charge >= 0.3 is 0 Å². The van der Waals surface area contributed by atoms with E-state index in [0.717, 1.165) is 55.1 Å². The highest BCUT2D eigenvalue weighted by atomic mass is 16.3. The minimum Gasteiger partial charge on any atom is -0.390 e. The van der Waals surface area contributed by atoms with Crippen LogP contribution in [0.25, 0.3) is 10.9 Å². The maximum atomic E-state index is 12.6. The molecule has 0 bridgehead atoms. The minimum absolute atomic E-state index is 0.104. The van der Waals surface area contributed by atoms with E-state index in [9.17, 15) is 9.90 Å². The van der Waals surface area contributed by atoms with Gasteiger partial charge in [0.05, 0.1) is 16.8 Å². The Morgan fingerprint density at radius 1 is 1.07 bits per heavy atom. The second-order valence-corrected chi connectivity index (χ2v) is 9.10. The van der Waals surface area contributed by atoms with Crippen molar-refractivity contribution in [1.29, 1.82) is 0 Å². The van der Waals surface area contributed by atoms with Crippen LogP contribution in [0.3, 0.4) is 0 Å². The van der Waals surface area contributed by atoms with Crippen LogP contribution in [0.15, 0.2) is 36.5 Å². The van der Waals surface area contributed by atoms with E-state index >= 15 is 0 Å². The lowest BCUT2D eigenvalue weighted by Crippen LogP contribution is -2.48. The van der Waals surface area contributed by atoms with Gasteiger partial charge in [-0.2, -0.15) is 0 Å². The van der Waals surface area contributed by atoms with Crippen LogP contribution in [0.2, 0.25) is 0 Å².